The fourth-order valence-electron chi connectivity index (χ4n) is 3.80. The first kappa shape index (κ1) is 24.4. The van der Waals surface area contributed by atoms with Crippen molar-refractivity contribution in [1.29, 1.82) is 10.5 Å². The van der Waals surface area contributed by atoms with Crippen LogP contribution in [0, 0.1) is 28.5 Å². The number of halogens is 1. The molecule has 35 heavy (non-hydrogen) atoms. The summed E-state index contributed by atoms with van der Waals surface area (Å²) in [4.78, 5) is 15.3. The van der Waals surface area contributed by atoms with Crippen LogP contribution in [0.3, 0.4) is 0 Å². The molecule has 0 radical (unpaired) electrons. The van der Waals surface area contributed by atoms with E-state index in [2.05, 4.69) is 27.0 Å². The largest absolute Gasteiger partial charge is 0.490 e. The van der Waals surface area contributed by atoms with Gasteiger partial charge in [-0.2, -0.15) is 10.5 Å². The molecule has 1 fully saturated rings. The molecule has 178 valence electrons. The lowest BCUT2D eigenvalue weighted by molar-refractivity contribution is 0.146. The molecule has 1 saturated heterocycles. The predicted octanol–water partition coefficient (Wildman–Crippen LogP) is 4.34. The fourth-order valence-corrected chi connectivity index (χ4v) is 4.75. The summed E-state index contributed by atoms with van der Waals surface area (Å²) in [7, 11) is 1.59. The molecule has 0 spiro atoms. The number of thioether (sulfide) groups is 1. The van der Waals surface area contributed by atoms with E-state index in [1.807, 2.05) is 0 Å². The molecule has 0 atom stereocenters. The molecule has 0 saturated carbocycles. The highest BCUT2D eigenvalue weighted by Gasteiger charge is 2.27. The maximum absolute atomic E-state index is 14.2. The fraction of sp³-hybridized carbons (Fsp3) is 0.320. The van der Waals surface area contributed by atoms with E-state index in [1.54, 1.807) is 25.4 Å². The van der Waals surface area contributed by atoms with Gasteiger partial charge in [0.05, 0.1) is 24.1 Å². The Morgan fingerprint density at radius 2 is 1.89 bits per heavy atom. The first-order valence-electron chi connectivity index (χ1n) is 11.1. The molecule has 3 aromatic heterocycles. The Morgan fingerprint density at radius 1 is 1.09 bits per heavy atom. The molecule has 1 aliphatic heterocycles. The van der Waals surface area contributed by atoms with Gasteiger partial charge in [-0.1, -0.05) is 0 Å². The highest BCUT2D eigenvalue weighted by molar-refractivity contribution is 7.98. The van der Waals surface area contributed by atoms with Gasteiger partial charge in [0.25, 0.3) is 0 Å². The lowest BCUT2D eigenvalue weighted by atomic mass is 10.0. The van der Waals surface area contributed by atoms with E-state index in [-0.39, 0.29) is 17.1 Å². The van der Waals surface area contributed by atoms with Gasteiger partial charge in [0.15, 0.2) is 0 Å². The number of rotatable bonds is 9. The van der Waals surface area contributed by atoms with Gasteiger partial charge in [0.1, 0.15) is 46.7 Å². The average molecular weight is 491 g/mol. The van der Waals surface area contributed by atoms with E-state index < -0.39 is 0 Å². The number of methoxy groups -OCH3 is 1. The molecule has 10 heteroatoms. The maximum atomic E-state index is 14.2. The van der Waals surface area contributed by atoms with Crippen molar-refractivity contribution in [2.75, 3.05) is 38.3 Å². The van der Waals surface area contributed by atoms with Crippen LogP contribution in [0.5, 0.6) is 5.75 Å². The normalized spacial score (nSPS) is 12.9. The van der Waals surface area contributed by atoms with Gasteiger partial charge in [-0.15, -0.1) is 11.8 Å². The molecule has 0 N–H and O–H groups in total. The molecule has 4 heterocycles. The summed E-state index contributed by atoms with van der Waals surface area (Å²) in [5, 5.41) is 20.6. The summed E-state index contributed by atoms with van der Waals surface area (Å²) in [5.41, 5.74) is 1.84. The summed E-state index contributed by atoms with van der Waals surface area (Å²) in [6, 6.07) is 9.24. The van der Waals surface area contributed by atoms with Gasteiger partial charge in [-0.05, 0) is 31.0 Å². The second-order valence-electron chi connectivity index (χ2n) is 7.76. The Kier molecular flexibility index (Phi) is 8.09. The maximum Gasteiger partial charge on any atom is 0.148 e. The molecule has 0 bridgehead atoms. The van der Waals surface area contributed by atoms with Crippen molar-refractivity contribution in [3.8, 4) is 29.1 Å². The number of anilines is 1. The molecule has 8 nitrogen and oxygen atoms in total. The summed E-state index contributed by atoms with van der Waals surface area (Å²) in [5.74, 6) is 0.949. The lowest BCUT2D eigenvalue weighted by Gasteiger charge is -2.21. The van der Waals surface area contributed by atoms with Crippen LogP contribution in [0.1, 0.15) is 29.5 Å². The second-order valence-corrected chi connectivity index (χ2v) is 8.72. The Balaban J connectivity index is 1.78. The first-order chi connectivity index (χ1) is 17.2. The van der Waals surface area contributed by atoms with Crippen molar-refractivity contribution in [1.82, 2.24) is 15.0 Å². The lowest BCUT2D eigenvalue weighted by Crippen LogP contribution is -2.21. The Labute approximate surface area is 207 Å². The number of ether oxygens (including phenoxy) is 2. The smallest absolute Gasteiger partial charge is 0.148 e. The van der Waals surface area contributed by atoms with Crippen LogP contribution in [0.15, 0.2) is 41.8 Å². The molecule has 0 amide bonds. The average Bonchev–Trinajstić information content (AvgIpc) is 3.43. The summed E-state index contributed by atoms with van der Waals surface area (Å²) < 4.78 is 24.8. The molecular formula is C25H23FN6O2S. The number of nitrogens with zero attached hydrogens (tertiary/aromatic N) is 6. The molecule has 4 rings (SSSR count). The molecule has 1 aliphatic rings. The number of hydrogen-bond acceptors (Lipinski definition) is 9. The van der Waals surface area contributed by atoms with E-state index >= 15 is 0 Å². The van der Waals surface area contributed by atoms with Crippen LogP contribution >= 0.6 is 11.8 Å². The van der Waals surface area contributed by atoms with Crippen molar-refractivity contribution in [3.63, 3.8) is 0 Å². The predicted molar refractivity (Wildman–Crippen MR) is 129 cm³/mol. The van der Waals surface area contributed by atoms with Crippen LogP contribution in [0.25, 0.3) is 11.3 Å². The zero-order valence-corrected chi connectivity index (χ0v) is 20.0. The van der Waals surface area contributed by atoms with Gasteiger partial charge in [0.2, 0.25) is 0 Å². The topological polar surface area (TPSA) is 108 Å². The number of nitriles is 2. The molecule has 0 aromatic carbocycles. The van der Waals surface area contributed by atoms with Crippen LogP contribution in [-0.2, 0) is 10.5 Å². The minimum absolute atomic E-state index is 0.236. The van der Waals surface area contributed by atoms with Crippen LogP contribution in [0.4, 0.5) is 10.2 Å². The van der Waals surface area contributed by atoms with Crippen molar-refractivity contribution >= 4 is 17.6 Å². The van der Waals surface area contributed by atoms with E-state index in [0.717, 1.165) is 25.9 Å². The third kappa shape index (κ3) is 5.51. The number of hydrogen-bond donors (Lipinski definition) is 0. The number of aromatic nitrogens is 3. The third-order valence-corrected chi connectivity index (χ3v) is 6.56. The van der Waals surface area contributed by atoms with Crippen molar-refractivity contribution in [2.24, 2.45) is 0 Å². The van der Waals surface area contributed by atoms with Crippen LogP contribution in [0.2, 0.25) is 0 Å². The SMILES string of the molecule is COCCOc1ccc(-c2c(C#N)c(SCc3cnccc3F)nc(N3CCCC3)c2C#N)nc1. The van der Waals surface area contributed by atoms with E-state index in [1.165, 1.54) is 30.2 Å². The molecule has 0 aliphatic carbocycles. The van der Waals surface area contributed by atoms with Gasteiger partial charge >= 0.3 is 0 Å². The Morgan fingerprint density at radius 3 is 2.54 bits per heavy atom. The van der Waals surface area contributed by atoms with Crippen molar-refractivity contribution in [3.05, 3.63) is 59.3 Å². The van der Waals surface area contributed by atoms with Crippen molar-refractivity contribution < 1.29 is 13.9 Å². The van der Waals surface area contributed by atoms with Crippen molar-refractivity contribution in [2.45, 2.75) is 23.6 Å². The quantitative estimate of drug-likeness (QED) is 0.320. The van der Waals surface area contributed by atoms with Gasteiger partial charge in [0, 0.05) is 49.5 Å². The molecular weight excluding hydrogens is 467 g/mol. The van der Waals surface area contributed by atoms with Crippen LogP contribution in [-0.4, -0.2) is 48.4 Å². The standard InChI is InChI=1S/C25H23FN6O2S/c1-33-10-11-34-18-4-5-22(30-15-18)23-19(12-27)24(32-8-2-3-9-32)31-25(20(23)13-28)35-16-17-14-29-7-6-21(17)26/h4-7,14-15H,2-3,8-11,16H2,1H3. The zero-order chi connectivity index (χ0) is 24.6. The van der Waals surface area contributed by atoms with E-state index in [9.17, 15) is 14.9 Å². The minimum Gasteiger partial charge on any atom is -0.490 e. The van der Waals surface area contributed by atoms with Gasteiger partial charge in [-0.25, -0.2) is 9.37 Å². The summed E-state index contributed by atoms with van der Waals surface area (Å²) in [6.07, 6.45) is 6.40. The Hall–Kier alpha value is -3.73. The second kappa shape index (κ2) is 11.6. The number of pyridine rings is 3. The monoisotopic (exact) mass is 490 g/mol. The zero-order valence-electron chi connectivity index (χ0n) is 19.2. The minimum atomic E-state index is -0.370. The van der Waals surface area contributed by atoms with Gasteiger partial charge in [-0.3, -0.25) is 9.97 Å². The molecule has 0 unspecified atom stereocenters. The Bertz CT molecular complexity index is 1270. The van der Waals surface area contributed by atoms with E-state index in [0.29, 0.717) is 52.2 Å². The third-order valence-electron chi connectivity index (χ3n) is 5.53. The van der Waals surface area contributed by atoms with Crippen LogP contribution < -0.4 is 9.64 Å². The van der Waals surface area contributed by atoms with E-state index in [4.69, 9.17) is 14.5 Å². The summed E-state index contributed by atoms with van der Waals surface area (Å²) >= 11 is 1.24. The highest BCUT2D eigenvalue weighted by Crippen LogP contribution is 2.39. The van der Waals surface area contributed by atoms with Gasteiger partial charge < -0.3 is 14.4 Å². The highest BCUT2D eigenvalue weighted by atomic mass is 32.2. The summed E-state index contributed by atoms with van der Waals surface area (Å²) in [6.45, 7) is 2.37. The first-order valence-corrected chi connectivity index (χ1v) is 12.1. The molecule has 3 aromatic rings.